The zero-order valence-electron chi connectivity index (χ0n) is 38.4. The Kier molecular flexibility index (Phi) is 21.1. The molecule has 3 rings (SSSR count). The number of ether oxygens (including phenoxy) is 3. The highest BCUT2D eigenvalue weighted by Crippen LogP contribution is 2.31. The zero-order valence-corrected chi connectivity index (χ0v) is 40.1. The summed E-state index contributed by atoms with van der Waals surface area (Å²) < 4.78 is 17.3. The van der Waals surface area contributed by atoms with E-state index in [0.29, 0.717) is 30.1 Å². The number of methoxy groups -OCH3 is 2. The van der Waals surface area contributed by atoms with Gasteiger partial charge in [-0.1, -0.05) is 85.2 Å². The lowest BCUT2D eigenvalue weighted by molar-refractivity contribution is -0.148. The minimum absolute atomic E-state index is 0.00730. The summed E-state index contributed by atoms with van der Waals surface area (Å²) >= 11 is 5.39. The van der Waals surface area contributed by atoms with Crippen molar-refractivity contribution in [2.45, 2.75) is 123 Å². The van der Waals surface area contributed by atoms with Gasteiger partial charge in [-0.25, -0.2) is 9.78 Å². The van der Waals surface area contributed by atoms with Crippen molar-refractivity contribution in [3.05, 3.63) is 52.0 Å². The van der Waals surface area contributed by atoms with Crippen molar-refractivity contribution >= 4 is 53.6 Å². The Morgan fingerprint density at radius 2 is 1.62 bits per heavy atom. The Morgan fingerprint density at radius 3 is 2.18 bits per heavy atom. The summed E-state index contributed by atoms with van der Waals surface area (Å²) in [6, 6.07) is 7.14. The first-order valence-electron chi connectivity index (χ1n) is 21.6. The second-order valence-corrected chi connectivity index (χ2v) is 18.5. The molecule has 342 valence electrons. The highest BCUT2D eigenvalue weighted by Gasteiger charge is 2.43. The van der Waals surface area contributed by atoms with E-state index in [9.17, 15) is 24.0 Å². The lowest BCUT2D eigenvalue weighted by Crippen LogP contribution is -2.59. The zero-order chi connectivity index (χ0) is 45.6. The van der Waals surface area contributed by atoms with E-state index in [1.165, 1.54) is 11.3 Å². The topological polar surface area (TPSA) is 160 Å². The SMILES string of the molecule is CCC(C)C(C(CC(=O)N1CCC[C@H]1C(OC)C(C)C(=O)NC(Cc1ccccc1)c1nc(C(=O)OCCS)cs1)OC)N(C)C(=O)C(NC(=O)C(C(C)C)N(C)C)C(C)C. The number of rotatable bonds is 24. The van der Waals surface area contributed by atoms with Crippen LogP contribution in [0.2, 0.25) is 0 Å². The average Bonchev–Trinajstić information content (AvgIpc) is 3.92. The molecule has 1 saturated heterocycles. The molecule has 0 spiro atoms. The molecule has 14 nitrogen and oxygen atoms in total. The number of nitrogens with zero attached hydrogens (tertiary/aromatic N) is 4. The number of aromatic nitrogens is 1. The smallest absolute Gasteiger partial charge is 0.357 e. The van der Waals surface area contributed by atoms with Gasteiger partial charge in [0.25, 0.3) is 0 Å². The molecule has 0 bridgehead atoms. The minimum Gasteiger partial charge on any atom is -0.460 e. The summed E-state index contributed by atoms with van der Waals surface area (Å²) in [5.74, 6) is -1.89. The van der Waals surface area contributed by atoms with Crippen molar-refractivity contribution in [3.63, 3.8) is 0 Å². The molecule has 1 fully saturated rings. The Hall–Kier alpha value is -3.57. The summed E-state index contributed by atoms with van der Waals surface area (Å²) in [4.78, 5) is 78.9. The minimum atomic E-state index is -0.777. The molecular weight excluding hydrogens is 817 g/mol. The van der Waals surface area contributed by atoms with Crippen molar-refractivity contribution in [3.8, 4) is 0 Å². The first kappa shape index (κ1) is 51.8. The number of nitrogens with one attached hydrogen (secondary N) is 2. The highest BCUT2D eigenvalue weighted by atomic mass is 32.1. The molecule has 16 heteroatoms. The van der Waals surface area contributed by atoms with E-state index in [0.717, 1.165) is 18.4 Å². The molecule has 2 heterocycles. The Bertz CT molecular complexity index is 1700. The standard InChI is InChI=1S/C45H72N6O8S2/c1-13-29(6)39(50(10)44(55)37(27(2)3)48-42(54)38(28(4)5)49(8)9)35(57-11)25-36(52)51-21-17-20-34(51)40(58-12)30(7)41(53)46-32(24-31-18-15-14-16-19-31)43-47-33(26-61-43)45(56)59-22-23-60/h14-16,18-19,26-30,32,34-35,37-40,60H,13,17,20-25H2,1-12H3,(H,46,53)(H,48,54)/t29?,30?,32?,34-,35?,37?,38?,39?,40?/m0/s1. The van der Waals surface area contributed by atoms with E-state index in [4.69, 9.17) is 14.2 Å². The fraction of sp³-hybridized carbons (Fsp3) is 0.689. The number of amides is 4. The number of esters is 1. The number of thiazole rings is 1. The monoisotopic (exact) mass is 888 g/mol. The Labute approximate surface area is 373 Å². The van der Waals surface area contributed by atoms with Gasteiger partial charge >= 0.3 is 5.97 Å². The number of likely N-dealkylation sites (N-methyl/N-ethyl adjacent to an activating group) is 2. The largest absolute Gasteiger partial charge is 0.460 e. The van der Waals surface area contributed by atoms with E-state index in [2.05, 4.69) is 28.2 Å². The van der Waals surface area contributed by atoms with Gasteiger partial charge in [-0.3, -0.25) is 24.1 Å². The van der Waals surface area contributed by atoms with Gasteiger partial charge in [-0.2, -0.15) is 12.6 Å². The normalized spacial score (nSPS) is 18.2. The first-order valence-corrected chi connectivity index (χ1v) is 23.1. The lowest BCUT2D eigenvalue weighted by Gasteiger charge is -2.41. The number of hydrogen-bond donors (Lipinski definition) is 3. The lowest BCUT2D eigenvalue weighted by atomic mass is 9.89. The maximum absolute atomic E-state index is 14.4. The van der Waals surface area contributed by atoms with E-state index < -0.39 is 48.3 Å². The van der Waals surface area contributed by atoms with Crippen LogP contribution in [0.5, 0.6) is 0 Å². The van der Waals surface area contributed by atoms with Crippen LogP contribution in [0, 0.1) is 23.7 Å². The molecule has 0 saturated carbocycles. The van der Waals surface area contributed by atoms with Crippen LogP contribution >= 0.6 is 24.0 Å². The number of benzene rings is 1. The van der Waals surface area contributed by atoms with Crippen LogP contribution < -0.4 is 10.6 Å². The highest BCUT2D eigenvalue weighted by molar-refractivity contribution is 7.80. The van der Waals surface area contributed by atoms with Crippen molar-refractivity contribution < 1.29 is 38.2 Å². The second kappa shape index (κ2) is 24.9. The number of carbonyl (C=O) groups is 5. The van der Waals surface area contributed by atoms with Crippen LogP contribution in [-0.2, 0) is 39.8 Å². The van der Waals surface area contributed by atoms with Crippen molar-refractivity contribution in [1.29, 1.82) is 0 Å². The fourth-order valence-corrected chi connectivity index (χ4v) is 9.45. The molecule has 0 aliphatic carbocycles. The average molecular weight is 889 g/mol. The van der Waals surface area contributed by atoms with E-state index in [1.54, 1.807) is 43.4 Å². The Balaban J connectivity index is 1.82. The van der Waals surface area contributed by atoms with Crippen molar-refractivity contribution in [1.82, 2.24) is 30.3 Å². The van der Waals surface area contributed by atoms with Crippen LogP contribution in [0.1, 0.15) is 101 Å². The fourth-order valence-electron chi connectivity index (χ4n) is 8.52. The molecular formula is C45H72N6O8S2. The third kappa shape index (κ3) is 14.0. The van der Waals surface area contributed by atoms with Crippen LogP contribution in [-0.4, -0.2) is 140 Å². The van der Waals surface area contributed by atoms with Gasteiger partial charge in [0.05, 0.1) is 48.7 Å². The molecule has 1 aliphatic rings. The number of likely N-dealkylation sites (tertiary alicyclic amines) is 1. The van der Waals surface area contributed by atoms with Gasteiger partial charge < -0.3 is 34.6 Å². The van der Waals surface area contributed by atoms with Gasteiger partial charge in [0.15, 0.2) is 5.69 Å². The molecule has 4 amide bonds. The number of hydrogen-bond acceptors (Lipinski definition) is 12. The molecule has 0 radical (unpaired) electrons. The maximum Gasteiger partial charge on any atom is 0.357 e. The van der Waals surface area contributed by atoms with Gasteiger partial charge in [0.1, 0.15) is 17.7 Å². The van der Waals surface area contributed by atoms with Crippen molar-refractivity contribution in [2.75, 3.05) is 54.3 Å². The maximum atomic E-state index is 14.4. The van der Waals surface area contributed by atoms with E-state index in [1.807, 2.05) is 90.9 Å². The summed E-state index contributed by atoms with van der Waals surface area (Å²) in [6.07, 6.45) is 1.27. The third-order valence-electron chi connectivity index (χ3n) is 11.9. The van der Waals surface area contributed by atoms with Gasteiger partial charge in [-0.15, -0.1) is 11.3 Å². The molecule has 2 N–H and O–H groups in total. The summed E-state index contributed by atoms with van der Waals surface area (Å²) in [5.41, 5.74) is 1.15. The molecule has 61 heavy (non-hydrogen) atoms. The van der Waals surface area contributed by atoms with Gasteiger partial charge in [0, 0.05) is 38.9 Å². The van der Waals surface area contributed by atoms with Crippen LogP contribution in [0.4, 0.5) is 0 Å². The summed E-state index contributed by atoms with van der Waals surface area (Å²) in [7, 11) is 8.56. The number of carbonyl (C=O) groups excluding carboxylic acids is 5. The van der Waals surface area contributed by atoms with Crippen LogP contribution in [0.15, 0.2) is 35.7 Å². The van der Waals surface area contributed by atoms with Crippen LogP contribution in [0.25, 0.3) is 0 Å². The van der Waals surface area contributed by atoms with Crippen molar-refractivity contribution in [2.24, 2.45) is 23.7 Å². The van der Waals surface area contributed by atoms with Gasteiger partial charge in [0.2, 0.25) is 23.6 Å². The molecule has 8 unspecified atom stereocenters. The predicted octanol–water partition coefficient (Wildman–Crippen LogP) is 5.28. The summed E-state index contributed by atoms with van der Waals surface area (Å²) in [5, 5.41) is 8.42. The van der Waals surface area contributed by atoms with Gasteiger partial charge in [-0.05, 0) is 56.7 Å². The molecule has 1 aliphatic heterocycles. The Morgan fingerprint density at radius 1 is 0.951 bits per heavy atom. The molecule has 9 atom stereocenters. The summed E-state index contributed by atoms with van der Waals surface area (Å²) in [6.45, 7) is 14.3. The first-order chi connectivity index (χ1) is 28.9. The number of thiol groups is 1. The quantitative estimate of drug-likeness (QED) is 0.0936. The molecule has 1 aromatic carbocycles. The third-order valence-corrected chi connectivity index (χ3v) is 13.0. The van der Waals surface area contributed by atoms with E-state index >= 15 is 0 Å². The second-order valence-electron chi connectivity index (χ2n) is 17.2. The van der Waals surface area contributed by atoms with E-state index in [-0.39, 0.29) is 66.1 Å². The molecule has 2 aromatic rings. The predicted molar refractivity (Wildman–Crippen MR) is 242 cm³/mol. The van der Waals surface area contributed by atoms with Crippen LogP contribution in [0.3, 0.4) is 0 Å². The molecule has 1 aromatic heterocycles.